The maximum atomic E-state index is 14.0. The summed E-state index contributed by atoms with van der Waals surface area (Å²) in [5.74, 6) is -5.60. The van der Waals surface area contributed by atoms with Crippen LogP contribution in [0.4, 0.5) is 30.7 Å². The molecular weight excluding hydrogens is 389 g/mol. The number of aromatic carboxylic acids is 1. The van der Waals surface area contributed by atoms with Crippen molar-refractivity contribution in [1.29, 1.82) is 0 Å². The minimum atomic E-state index is -5.13. The van der Waals surface area contributed by atoms with Crippen LogP contribution in [0.2, 0.25) is 0 Å². The van der Waals surface area contributed by atoms with E-state index in [1.165, 1.54) is 6.92 Å². The van der Waals surface area contributed by atoms with E-state index >= 15 is 0 Å². The standard InChI is InChI=1S/C16H9F7O4/c1-7-6-8(27-16(21,22)23)2-4-10(7)26-11-5-3-9(15(18,19)20)13(17)12(11)14(24)25/h2-6H,1H3,(H,24,25). The van der Waals surface area contributed by atoms with Crippen molar-refractivity contribution in [3.05, 3.63) is 52.8 Å². The van der Waals surface area contributed by atoms with Crippen LogP contribution in [0.15, 0.2) is 30.3 Å². The predicted octanol–water partition coefficient (Wildman–Crippen LogP) is 5.54. The van der Waals surface area contributed by atoms with Gasteiger partial charge in [-0.15, -0.1) is 13.2 Å². The maximum absolute atomic E-state index is 14.0. The Bertz CT molecular complexity index is 872. The van der Waals surface area contributed by atoms with Crippen LogP contribution in [0.5, 0.6) is 17.2 Å². The van der Waals surface area contributed by atoms with Gasteiger partial charge in [0.2, 0.25) is 0 Å². The van der Waals surface area contributed by atoms with Crippen molar-refractivity contribution < 1.29 is 50.1 Å². The molecule has 11 heteroatoms. The summed E-state index contributed by atoms with van der Waals surface area (Å²) in [6, 6.07) is 3.63. The van der Waals surface area contributed by atoms with E-state index in [-0.39, 0.29) is 11.3 Å². The second-order valence-electron chi connectivity index (χ2n) is 5.18. The van der Waals surface area contributed by atoms with Gasteiger partial charge in [-0.2, -0.15) is 13.2 Å². The number of aryl methyl sites for hydroxylation is 1. The van der Waals surface area contributed by atoms with Crippen molar-refractivity contribution in [2.24, 2.45) is 0 Å². The molecule has 0 aliphatic heterocycles. The third kappa shape index (κ3) is 4.80. The summed E-state index contributed by atoms with van der Waals surface area (Å²) < 4.78 is 97.5. The molecule has 0 aliphatic rings. The van der Waals surface area contributed by atoms with Crippen molar-refractivity contribution in [3.8, 4) is 17.2 Å². The molecule has 0 unspecified atom stereocenters. The highest BCUT2D eigenvalue weighted by Crippen LogP contribution is 2.38. The van der Waals surface area contributed by atoms with Crippen LogP contribution in [0.1, 0.15) is 21.5 Å². The van der Waals surface area contributed by atoms with Crippen LogP contribution in [0.3, 0.4) is 0 Å². The molecule has 2 rings (SSSR count). The molecule has 0 saturated carbocycles. The van der Waals surface area contributed by atoms with Gasteiger partial charge in [-0.1, -0.05) is 0 Å². The molecular formula is C16H9F7O4. The molecule has 0 saturated heterocycles. The summed E-state index contributed by atoms with van der Waals surface area (Å²) in [6.45, 7) is 1.28. The first kappa shape index (κ1) is 20.3. The molecule has 0 aromatic heterocycles. The molecule has 0 amide bonds. The quantitative estimate of drug-likeness (QED) is 0.687. The van der Waals surface area contributed by atoms with Crippen molar-refractivity contribution in [1.82, 2.24) is 0 Å². The van der Waals surface area contributed by atoms with Crippen LogP contribution < -0.4 is 9.47 Å². The summed E-state index contributed by atoms with van der Waals surface area (Å²) in [7, 11) is 0. The first-order valence-electron chi connectivity index (χ1n) is 6.97. The molecule has 0 bridgehead atoms. The first-order chi connectivity index (χ1) is 12.3. The zero-order valence-corrected chi connectivity index (χ0v) is 13.2. The second kappa shape index (κ2) is 6.97. The Hall–Kier alpha value is -2.98. The molecule has 0 fully saturated rings. The van der Waals surface area contributed by atoms with Crippen molar-refractivity contribution in [2.75, 3.05) is 0 Å². The first-order valence-corrected chi connectivity index (χ1v) is 6.97. The number of hydrogen-bond acceptors (Lipinski definition) is 3. The van der Waals surface area contributed by atoms with Gasteiger partial charge in [0.05, 0.1) is 5.56 Å². The molecule has 146 valence electrons. The van der Waals surface area contributed by atoms with E-state index in [2.05, 4.69) is 4.74 Å². The number of ether oxygens (including phenoxy) is 2. The molecule has 0 aliphatic carbocycles. The largest absolute Gasteiger partial charge is 0.573 e. The molecule has 0 radical (unpaired) electrons. The monoisotopic (exact) mass is 398 g/mol. The number of hydrogen-bond donors (Lipinski definition) is 1. The Labute approximate surface area is 146 Å². The summed E-state index contributed by atoms with van der Waals surface area (Å²) >= 11 is 0. The highest BCUT2D eigenvalue weighted by Gasteiger charge is 2.37. The van der Waals surface area contributed by atoms with Gasteiger partial charge in [-0.25, -0.2) is 9.18 Å². The van der Waals surface area contributed by atoms with Gasteiger partial charge in [0, 0.05) is 0 Å². The molecule has 0 heterocycles. The van der Waals surface area contributed by atoms with Gasteiger partial charge in [-0.05, 0) is 42.8 Å². The maximum Gasteiger partial charge on any atom is 0.573 e. The van der Waals surface area contributed by atoms with Crippen LogP contribution in [0, 0.1) is 12.7 Å². The number of halogens is 7. The Morgan fingerprint density at radius 2 is 1.59 bits per heavy atom. The Morgan fingerprint density at radius 1 is 1.00 bits per heavy atom. The topological polar surface area (TPSA) is 55.8 Å². The van der Waals surface area contributed by atoms with Crippen LogP contribution in [-0.4, -0.2) is 17.4 Å². The zero-order valence-electron chi connectivity index (χ0n) is 13.2. The van der Waals surface area contributed by atoms with Crippen molar-refractivity contribution in [2.45, 2.75) is 19.5 Å². The fourth-order valence-electron chi connectivity index (χ4n) is 2.11. The average Bonchev–Trinajstić information content (AvgIpc) is 2.46. The van der Waals surface area contributed by atoms with Gasteiger partial charge in [0.25, 0.3) is 0 Å². The van der Waals surface area contributed by atoms with Crippen molar-refractivity contribution in [3.63, 3.8) is 0 Å². The lowest BCUT2D eigenvalue weighted by Gasteiger charge is -2.16. The van der Waals surface area contributed by atoms with Crippen LogP contribution in [0.25, 0.3) is 0 Å². The van der Waals surface area contributed by atoms with Crippen molar-refractivity contribution >= 4 is 5.97 Å². The smallest absolute Gasteiger partial charge is 0.477 e. The highest BCUT2D eigenvalue weighted by molar-refractivity contribution is 5.91. The number of rotatable bonds is 4. The number of carboxylic acid groups (broad SMARTS) is 1. The lowest BCUT2D eigenvalue weighted by atomic mass is 10.1. The predicted molar refractivity (Wildman–Crippen MR) is 76.3 cm³/mol. The molecule has 2 aromatic carbocycles. The Morgan fingerprint density at radius 3 is 2.07 bits per heavy atom. The van der Waals surface area contributed by atoms with E-state index in [1.54, 1.807) is 0 Å². The molecule has 1 N–H and O–H groups in total. The Balaban J connectivity index is 2.43. The SMILES string of the molecule is Cc1cc(OC(F)(F)F)ccc1Oc1ccc(C(F)(F)F)c(F)c1C(=O)O. The van der Waals surface area contributed by atoms with Gasteiger partial charge >= 0.3 is 18.5 Å². The molecule has 0 spiro atoms. The number of carboxylic acids is 1. The average molecular weight is 398 g/mol. The van der Waals surface area contributed by atoms with Crippen LogP contribution >= 0.6 is 0 Å². The third-order valence-corrected chi connectivity index (χ3v) is 3.22. The summed E-state index contributed by atoms with van der Waals surface area (Å²) in [6.07, 6.45) is -10.1. The number of carbonyl (C=O) groups is 1. The zero-order chi connectivity index (χ0) is 20.6. The normalized spacial score (nSPS) is 12.0. The fraction of sp³-hybridized carbons (Fsp3) is 0.188. The highest BCUT2D eigenvalue weighted by atomic mass is 19.4. The van der Waals surface area contributed by atoms with E-state index in [4.69, 9.17) is 9.84 Å². The van der Waals surface area contributed by atoms with Gasteiger partial charge < -0.3 is 14.6 Å². The van der Waals surface area contributed by atoms with Gasteiger partial charge in [-0.3, -0.25) is 0 Å². The number of benzene rings is 2. The third-order valence-electron chi connectivity index (χ3n) is 3.22. The van der Waals surface area contributed by atoms with E-state index in [0.29, 0.717) is 12.1 Å². The van der Waals surface area contributed by atoms with E-state index in [0.717, 1.165) is 18.2 Å². The Kier molecular flexibility index (Phi) is 5.25. The molecule has 27 heavy (non-hydrogen) atoms. The van der Waals surface area contributed by atoms with Gasteiger partial charge in [0.1, 0.15) is 22.8 Å². The second-order valence-corrected chi connectivity index (χ2v) is 5.18. The minimum Gasteiger partial charge on any atom is -0.477 e. The van der Waals surface area contributed by atoms with E-state index < -0.39 is 47.0 Å². The van der Waals surface area contributed by atoms with Crippen LogP contribution in [-0.2, 0) is 6.18 Å². The fourth-order valence-corrected chi connectivity index (χ4v) is 2.11. The lowest BCUT2D eigenvalue weighted by molar-refractivity contribution is -0.274. The summed E-state index contributed by atoms with van der Waals surface area (Å²) in [5, 5.41) is 9.02. The minimum absolute atomic E-state index is 0.0356. The van der Waals surface area contributed by atoms with E-state index in [1.807, 2.05) is 0 Å². The lowest BCUT2D eigenvalue weighted by Crippen LogP contribution is -2.17. The van der Waals surface area contributed by atoms with E-state index in [9.17, 15) is 35.5 Å². The molecule has 0 atom stereocenters. The molecule has 4 nitrogen and oxygen atoms in total. The van der Waals surface area contributed by atoms with Gasteiger partial charge in [0.15, 0.2) is 5.82 Å². The summed E-state index contributed by atoms with van der Waals surface area (Å²) in [4.78, 5) is 11.2. The molecule has 2 aromatic rings. The number of alkyl halides is 6. The summed E-state index contributed by atoms with van der Waals surface area (Å²) in [5.41, 5.74) is -3.12.